The van der Waals surface area contributed by atoms with Crippen LogP contribution in [0.15, 0.2) is 4.47 Å². The van der Waals surface area contributed by atoms with Gasteiger partial charge in [-0.05, 0) is 54.0 Å². The molecule has 1 aliphatic carbocycles. The molecule has 0 aromatic carbocycles. The fourth-order valence-corrected chi connectivity index (χ4v) is 5.02. The molecule has 2 heterocycles. The fourth-order valence-electron chi connectivity index (χ4n) is 3.47. The molecule has 3 rings (SSSR count). The number of aromatic nitrogens is 2. The second-order valence-corrected chi connectivity index (χ2v) is 7.59. The molecule has 112 valence electrons. The Morgan fingerprint density at radius 3 is 2.75 bits per heavy atom. The van der Waals surface area contributed by atoms with Crippen LogP contribution in [0.4, 0.5) is 0 Å². The summed E-state index contributed by atoms with van der Waals surface area (Å²) in [5, 5.41) is 5.65. The first kappa shape index (κ1) is 15.0. The monoisotopic (exact) mass is 404 g/mol. The van der Waals surface area contributed by atoms with Gasteiger partial charge in [-0.2, -0.15) is 5.10 Å². The quantitative estimate of drug-likeness (QED) is 0.695. The molecule has 1 saturated carbocycles. The Balaban J connectivity index is 1.89. The van der Waals surface area contributed by atoms with Crippen molar-refractivity contribution >= 4 is 31.9 Å². The van der Waals surface area contributed by atoms with E-state index in [0.29, 0.717) is 6.10 Å². The van der Waals surface area contributed by atoms with Gasteiger partial charge in [0, 0.05) is 24.4 Å². The second kappa shape index (κ2) is 5.73. The molecule has 3 nitrogen and oxygen atoms in total. The van der Waals surface area contributed by atoms with Crippen molar-refractivity contribution in [3.05, 3.63) is 15.9 Å². The van der Waals surface area contributed by atoms with Gasteiger partial charge < -0.3 is 4.74 Å². The first-order valence-electron chi connectivity index (χ1n) is 7.49. The van der Waals surface area contributed by atoms with Crippen LogP contribution < -0.4 is 0 Å². The molecule has 0 bridgehead atoms. The van der Waals surface area contributed by atoms with Gasteiger partial charge in [0.1, 0.15) is 0 Å². The lowest BCUT2D eigenvalue weighted by molar-refractivity contribution is 0.0405. The fraction of sp³-hybridized carbons (Fsp3) is 0.800. The van der Waals surface area contributed by atoms with Gasteiger partial charge in [-0.15, -0.1) is 0 Å². The van der Waals surface area contributed by atoms with Gasteiger partial charge in [0.05, 0.1) is 22.0 Å². The Bertz CT molecular complexity index is 498. The average Bonchev–Trinajstić information content (AvgIpc) is 3.16. The van der Waals surface area contributed by atoms with Gasteiger partial charge in [-0.25, -0.2) is 0 Å². The minimum absolute atomic E-state index is 0.239. The predicted molar refractivity (Wildman–Crippen MR) is 87.3 cm³/mol. The molecular formula is C15H22Br2N2O. The Hall–Kier alpha value is 0.130. The van der Waals surface area contributed by atoms with E-state index >= 15 is 0 Å². The van der Waals surface area contributed by atoms with Crippen LogP contribution in [0.2, 0.25) is 0 Å². The lowest BCUT2D eigenvalue weighted by Crippen LogP contribution is -2.37. The van der Waals surface area contributed by atoms with Crippen molar-refractivity contribution in [3.63, 3.8) is 0 Å². The highest BCUT2D eigenvalue weighted by molar-refractivity contribution is 9.10. The lowest BCUT2D eigenvalue weighted by Gasteiger charge is -2.32. The van der Waals surface area contributed by atoms with E-state index in [-0.39, 0.29) is 5.41 Å². The molecule has 0 spiro atoms. The summed E-state index contributed by atoms with van der Waals surface area (Å²) in [5.74, 6) is 0.785. The summed E-state index contributed by atoms with van der Waals surface area (Å²) < 4.78 is 9.34. The molecular weight excluding hydrogens is 384 g/mol. The molecule has 1 saturated heterocycles. The Morgan fingerprint density at radius 1 is 1.45 bits per heavy atom. The summed E-state index contributed by atoms with van der Waals surface area (Å²) in [6.07, 6.45) is 6.27. The van der Waals surface area contributed by atoms with Crippen LogP contribution in [0.5, 0.6) is 0 Å². The van der Waals surface area contributed by atoms with E-state index in [1.165, 1.54) is 23.0 Å². The molecule has 0 amide bonds. The largest absolute Gasteiger partial charge is 0.377 e. The maximum atomic E-state index is 6.09. The number of rotatable bonds is 5. The van der Waals surface area contributed by atoms with E-state index < -0.39 is 0 Å². The van der Waals surface area contributed by atoms with E-state index in [1.54, 1.807) is 0 Å². The van der Waals surface area contributed by atoms with Crippen LogP contribution in [0, 0.1) is 11.3 Å². The van der Waals surface area contributed by atoms with Crippen LogP contribution in [0.1, 0.15) is 37.6 Å². The van der Waals surface area contributed by atoms with E-state index in [0.717, 1.165) is 42.8 Å². The third kappa shape index (κ3) is 2.50. The first-order chi connectivity index (χ1) is 9.61. The number of hydrogen-bond donors (Lipinski definition) is 0. The van der Waals surface area contributed by atoms with E-state index in [1.807, 2.05) is 0 Å². The van der Waals surface area contributed by atoms with Crippen molar-refractivity contribution in [2.24, 2.45) is 18.4 Å². The summed E-state index contributed by atoms with van der Waals surface area (Å²) in [5.41, 5.74) is 2.72. The number of nitrogens with zero attached hydrogens (tertiary/aromatic N) is 2. The van der Waals surface area contributed by atoms with Gasteiger partial charge in [0.25, 0.3) is 0 Å². The Kier molecular flexibility index (Phi) is 4.31. The van der Waals surface area contributed by atoms with Crippen molar-refractivity contribution in [1.29, 1.82) is 0 Å². The summed E-state index contributed by atoms with van der Waals surface area (Å²) >= 11 is 7.53. The van der Waals surface area contributed by atoms with E-state index in [2.05, 4.69) is 55.6 Å². The van der Waals surface area contributed by atoms with Gasteiger partial charge >= 0.3 is 0 Å². The van der Waals surface area contributed by atoms with Gasteiger partial charge in [0.15, 0.2) is 0 Å². The summed E-state index contributed by atoms with van der Waals surface area (Å²) in [6, 6.07) is 0. The topological polar surface area (TPSA) is 27.1 Å². The Labute approximate surface area is 137 Å². The van der Waals surface area contributed by atoms with Crippen molar-refractivity contribution in [3.8, 4) is 0 Å². The van der Waals surface area contributed by atoms with Crippen molar-refractivity contribution in [1.82, 2.24) is 9.78 Å². The highest BCUT2D eigenvalue weighted by Crippen LogP contribution is 2.50. The molecule has 2 aliphatic rings. The zero-order chi connectivity index (χ0) is 14.3. The molecule has 20 heavy (non-hydrogen) atoms. The van der Waals surface area contributed by atoms with Crippen LogP contribution in [-0.2, 0) is 24.6 Å². The number of aryl methyl sites for hydroxylation is 2. The van der Waals surface area contributed by atoms with E-state index in [4.69, 9.17) is 4.74 Å². The molecule has 1 aliphatic heterocycles. The lowest BCUT2D eigenvalue weighted by atomic mass is 9.77. The van der Waals surface area contributed by atoms with E-state index in [9.17, 15) is 0 Å². The number of hydrogen-bond acceptors (Lipinski definition) is 2. The second-order valence-electron chi connectivity index (χ2n) is 6.24. The number of ether oxygens (including phenoxy) is 1. The third-order valence-corrected chi connectivity index (χ3v) is 6.87. The minimum atomic E-state index is 0.239. The molecule has 2 fully saturated rings. The molecule has 2 unspecified atom stereocenters. The molecule has 1 aromatic rings. The van der Waals surface area contributed by atoms with Gasteiger partial charge in [0.2, 0.25) is 0 Å². The van der Waals surface area contributed by atoms with Crippen LogP contribution in [0.3, 0.4) is 0 Å². The normalized spacial score (nSPS) is 30.1. The van der Waals surface area contributed by atoms with Crippen molar-refractivity contribution < 1.29 is 4.74 Å². The van der Waals surface area contributed by atoms with Crippen LogP contribution in [-0.4, -0.2) is 27.8 Å². The highest BCUT2D eigenvalue weighted by Gasteiger charge is 2.50. The van der Waals surface area contributed by atoms with Gasteiger partial charge in [-0.1, -0.05) is 22.9 Å². The smallest absolute Gasteiger partial charge is 0.0766 e. The molecule has 5 heteroatoms. The standard InChI is InChI=1S/C15H22Br2N2O/c1-3-11-13(17)12(19(2)18-11)8-15(9-16)6-7-20-14(15)10-4-5-10/h10,14H,3-9H2,1-2H3. The Morgan fingerprint density at radius 2 is 2.20 bits per heavy atom. The van der Waals surface area contributed by atoms with Crippen molar-refractivity contribution in [2.75, 3.05) is 11.9 Å². The average molecular weight is 406 g/mol. The summed E-state index contributed by atoms with van der Waals surface area (Å²) in [6.45, 7) is 3.06. The molecule has 1 aromatic heterocycles. The van der Waals surface area contributed by atoms with Crippen LogP contribution in [0.25, 0.3) is 0 Å². The zero-order valence-corrected chi connectivity index (χ0v) is 15.3. The van der Waals surface area contributed by atoms with Crippen molar-refractivity contribution in [2.45, 2.75) is 45.1 Å². The number of alkyl halides is 1. The summed E-state index contributed by atoms with van der Waals surface area (Å²) in [7, 11) is 2.06. The first-order valence-corrected chi connectivity index (χ1v) is 9.40. The number of halogens is 2. The van der Waals surface area contributed by atoms with Gasteiger partial charge in [-0.3, -0.25) is 4.68 Å². The highest BCUT2D eigenvalue weighted by atomic mass is 79.9. The van der Waals surface area contributed by atoms with Crippen LogP contribution >= 0.6 is 31.9 Å². The molecule has 0 radical (unpaired) electrons. The molecule has 2 atom stereocenters. The summed E-state index contributed by atoms with van der Waals surface area (Å²) in [4.78, 5) is 0. The zero-order valence-electron chi connectivity index (χ0n) is 12.2. The minimum Gasteiger partial charge on any atom is -0.377 e. The predicted octanol–water partition coefficient (Wildman–Crippen LogP) is 3.87. The molecule has 0 N–H and O–H groups in total. The maximum Gasteiger partial charge on any atom is 0.0766 e. The maximum absolute atomic E-state index is 6.09. The SMILES string of the molecule is CCc1nn(C)c(CC2(CBr)CCOC2C2CC2)c1Br. The third-order valence-electron chi connectivity index (χ3n) is 4.84.